The highest BCUT2D eigenvalue weighted by atomic mass is 16.6. The van der Waals surface area contributed by atoms with E-state index in [2.05, 4.69) is 4.99 Å². The molecule has 0 saturated carbocycles. The number of fused-ring (bicyclic) bond motifs is 1. The number of para-hydroxylation sites is 2. The predicted octanol–water partition coefficient (Wildman–Crippen LogP) is 1.92. The number of rotatable bonds is 5. The average molecular weight is 281 g/mol. The van der Waals surface area contributed by atoms with Crippen LogP contribution in [0.3, 0.4) is 0 Å². The van der Waals surface area contributed by atoms with E-state index in [1.165, 1.54) is 0 Å². The van der Waals surface area contributed by atoms with Crippen molar-refractivity contribution in [2.75, 3.05) is 20.3 Å². The molecule has 21 heavy (non-hydrogen) atoms. The summed E-state index contributed by atoms with van der Waals surface area (Å²) in [5.41, 5.74) is 1.96. The molecule has 0 radical (unpaired) electrons. The van der Waals surface area contributed by atoms with Crippen LogP contribution in [0.2, 0.25) is 0 Å². The van der Waals surface area contributed by atoms with Gasteiger partial charge < -0.3 is 14.0 Å². The summed E-state index contributed by atoms with van der Waals surface area (Å²) >= 11 is 0. The Morgan fingerprint density at radius 1 is 1.05 bits per heavy atom. The van der Waals surface area contributed by atoms with Crippen LogP contribution < -0.4 is 14.8 Å². The van der Waals surface area contributed by atoms with Gasteiger partial charge in [0.2, 0.25) is 0 Å². The van der Waals surface area contributed by atoms with Crippen molar-refractivity contribution in [3.63, 3.8) is 0 Å². The van der Waals surface area contributed by atoms with E-state index >= 15 is 0 Å². The standard InChI is InChI=1S/C16H16BNO3/c1-19-11-10-18-12-13-6-2-3-7-14(13)17-20-15-8-4-5-9-16(15)21-17/h2-9,12H,10-11H2,1H3. The van der Waals surface area contributed by atoms with Crippen molar-refractivity contribution in [3.05, 3.63) is 54.1 Å². The molecule has 0 bridgehead atoms. The number of hydrogen-bond donors (Lipinski definition) is 0. The van der Waals surface area contributed by atoms with Gasteiger partial charge in [0, 0.05) is 18.8 Å². The second-order valence-corrected chi connectivity index (χ2v) is 4.67. The van der Waals surface area contributed by atoms with E-state index in [0.717, 1.165) is 22.5 Å². The first-order valence-corrected chi connectivity index (χ1v) is 6.88. The smallest absolute Gasteiger partial charge is 0.519 e. The fourth-order valence-corrected chi connectivity index (χ4v) is 2.18. The van der Waals surface area contributed by atoms with E-state index in [4.69, 9.17) is 14.0 Å². The zero-order chi connectivity index (χ0) is 14.5. The van der Waals surface area contributed by atoms with Crippen LogP contribution in [-0.4, -0.2) is 33.6 Å². The molecule has 2 aromatic rings. The maximum Gasteiger partial charge on any atom is 0.633 e. The summed E-state index contributed by atoms with van der Waals surface area (Å²) in [6, 6.07) is 15.6. The van der Waals surface area contributed by atoms with Gasteiger partial charge in [-0.2, -0.15) is 0 Å². The first-order valence-electron chi connectivity index (χ1n) is 6.88. The molecule has 0 saturated heterocycles. The molecule has 0 N–H and O–H groups in total. The first-order chi connectivity index (χ1) is 10.4. The first kappa shape index (κ1) is 13.7. The summed E-state index contributed by atoms with van der Waals surface area (Å²) in [5, 5.41) is 0. The Morgan fingerprint density at radius 3 is 2.43 bits per heavy atom. The molecule has 4 nitrogen and oxygen atoms in total. The molecule has 0 aromatic heterocycles. The van der Waals surface area contributed by atoms with Crippen LogP contribution in [0.15, 0.2) is 53.5 Å². The van der Waals surface area contributed by atoms with Crippen molar-refractivity contribution in [1.82, 2.24) is 0 Å². The molecule has 0 unspecified atom stereocenters. The lowest BCUT2D eigenvalue weighted by Gasteiger charge is -2.08. The summed E-state index contributed by atoms with van der Waals surface area (Å²) in [5.74, 6) is 1.54. The number of ether oxygens (including phenoxy) is 1. The van der Waals surface area contributed by atoms with Gasteiger partial charge in [0.25, 0.3) is 0 Å². The van der Waals surface area contributed by atoms with Crippen LogP contribution in [0, 0.1) is 0 Å². The molecule has 3 rings (SSSR count). The van der Waals surface area contributed by atoms with Gasteiger partial charge in [-0.1, -0.05) is 36.4 Å². The van der Waals surface area contributed by atoms with Crippen molar-refractivity contribution >= 4 is 18.8 Å². The van der Waals surface area contributed by atoms with Gasteiger partial charge in [0.1, 0.15) is 11.5 Å². The number of benzene rings is 2. The molecule has 1 aliphatic rings. The van der Waals surface area contributed by atoms with Crippen molar-refractivity contribution < 1.29 is 14.0 Å². The summed E-state index contributed by atoms with van der Waals surface area (Å²) in [6.45, 7) is 1.25. The maximum atomic E-state index is 5.85. The van der Waals surface area contributed by atoms with Crippen LogP contribution in [0.25, 0.3) is 0 Å². The minimum Gasteiger partial charge on any atom is -0.519 e. The molecule has 0 amide bonds. The maximum absolute atomic E-state index is 5.85. The lowest BCUT2D eigenvalue weighted by molar-refractivity contribution is 0.208. The minimum absolute atomic E-state index is 0.424. The Kier molecular flexibility index (Phi) is 4.21. The normalized spacial score (nSPS) is 13.1. The topological polar surface area (TPSA) is 40.0 Å². The van der Waals surface area contributed by atoms with Gasteiger partial charge in [-0.15, -0.1) is 0 Å². The molecular formula is C16H16BNO3. The molecular weight excluding hydrogens is 265 g/mol. The van der Waals surface area contributed by atoms with Crippen molar-refractivity contribution in [2.24, 2.45) is 4.99 Å². The summed E-state index contributed by atoms with van der Waals surface area (Å²) in [7, 11) is 1.24. The Balaban J connectivity index is 1.79. The molecule has 1 aliphatic heterocycles. The minimum atomic E-state index is -0.424. The second kappa shape index (κ2) is 6.46. The van der Waals surface area contributed by atoms with Crippen LogP contribution in [0.4, 0.5) is 0 Å². The molecule has 0 spiro atoms. The lowest BCUT2D eigenvalue weighted by Crippen LogP contribution is -2.41. The van der Waals surface area contributed by atoms with E-state index < -0.39 is 7.12 Å². The molecule has 0 fully saturated rings. The molecule has 0 atom stereocenters. The quantitative estimate of drug-likeness (QED) is 0.477. The third-order valence-corrected chi connectivity index (χ3v) is 3.22. The largest absolute Gasteiger partial charge is 0.633 e. The molecule has 5 heteroatoms. The van der Waals surface area contributed by atoms with Crippen LogP contribution in [0.1, 0.15) is 5.56 Å². The zero-order valence-electron chi connectivity index (χ0n) is 11.9. The van der Waals surface area contributed by atoms with E-state index in [-0.39, 0.29) is 0 Å². The fourth-order valence-electron chi connectivity index (χ4n) is 2.18. The SMILES string of the molecule is COCCN=Cc1ccccc1B1Oc2ccccc2O1. The van der Waals surface area contributed by atoms with Crippen LogP contribution >= 0.6 is 0 Å². The number of hydrogen-bond acceptors (Lipinski definition) is 4. The van der Waals surface area contributed by atoms with E-state index in [0.29, 0.717) is 13.2 Å². The van der Waals surface area contributed by atoms with Crippen LogP contribution in [-0.2, 0) is 4.74 Å². The van der Waals surface area contributed by atoms with Crippen molar-refractivity contribution in [1.29, 1.82) is 0 Å². The number of methoxy groups -OCH3 is 1. The Morgan fingerprint density at radius 2 is 1.71 bits per heavy atom. The van der Waals surface area contributed by atoms with Crippen molar-refractivity contribution in [3.8, 4) is 11.5 Å². The van der Waals surface area contributed by atoms with Gasteiger partial charge in [-0.05, 0) is 17.7 Å². The average Bonchev–Trinajstić information content (AvgIpc) is 2.96. The van der Waals surface area contributed by atoms with Crippen LogP contribution in [0.5, 0.6) is 11.5 Å². The zero-order valence-corrected chi connectivity index (χ0v) is 11.9. The summed E-state index contributed by atoms with van der Waals surface area (Å²) in [6.07, 6.45) is 1.84. The Hall–Kier alpha value is -2.27. The van der Waals surface area contributed by atoms with E-state index in [1.54, 1.807) is 7.11 Å². The second-order valence-electron chi connectivity index (χ2n) is 4.67. The molecule has 2 aromatic carbocycles. The van der Waals surface area contributed by atoms with E-state index in [1.807, 2.05) is 54.7 Å². The van der Waals surface area contributed by atoms with E-state index in [9.17, 15) is 0 Å². The fraction of sp³-hybridized carbons (Fsp3) is 0.188. The van der Waals surface area contributed by atoms with Gasteiger partial charge in [-0.25, -0.2) is 0 Å². The van der Waals surface area contributed by atoms with Gasteiger partial charge >= 0.3 is 7.12 Å². The third-order valence-electron chi connectivity index (χ3n) is 3.22. The Bertz CT molecular complexity index is 620. The molecule has 106 valence electrons. The number of aliphatic imine (C=N–C) groups is 1. The highest BCUT2D eigenvalue weighted by Gasteiger charge is 2.35. The summed E-state index contributed by atoms with van der Waals surface area (Å²) in [4.78, 5) is 4.35. The predicted molar refractivity (Wildman–Crippen MR) is 83.9 cm³/mol. The highest BCUT2D eigenvalue weighted by Crippen LogP contribution is 2.32. The number of nitrogens with zero attached hydrogens (tertiary/aromatic N) is 1. The molecule has 0 aliphatic carbocycles. The molecule has 1 heterocycles. The van der Waals surface area contributed by atoms with Crippen molar-refractivity contribution in [2.45, 2.75) is 0 Å². The highest BCUT2D eigenvalue weighted by molar-refractivity contribution is 6.65. The van der Waals surface area contributed by atoms with Gasteiger partial charge in [0.05, 0.1) is 13.2 Å². The Labute approximate surface area is 124 Å². The van der Waals surface area contributed by atoms with Gasteiger partial charge in [0.15, 0.2) is 0 Å². The monoisotopic (exact) mass is 281 g/mol. The lowest BCUT2D eigenvalue weighted by atomic mass is 9.76. The summed E-state index contributed by atoms with van der Waals surface area (Å²) < 4.78 is 16.7. The van der Waals surface area contributed by atoms with Gasteiger partial charge in [-0.3, -0.25) is 4.99 Å². The third kappa shape index (κ3) is 3.08.